The van der Waals surface area contributed by atoms with E-state index in [9.17, 15) is 10.2 Å². The van der Waals surface area contributed by atoms with Gasteiger partial charge in [0.1, 0.15) is 42.0 Å². The normalized spacial score (nSPS) is 50.8. The summed E-state index contributed by atoms with van der Waals surface area (Å²) in [5.41, 5.74) is 7.01. The lowest BCUT2D eigenvalue weighted by molar-refractivity contribution is -0.293. The molecule has 0 radical (unpaired) electrons. The molecule has 0 aromatic carbocycles. The maximum Gasteiger partial charge on any atom is 0.172 e. The van der Waals surface area contributed by atoms with Gasteiger partial charge in [0, 0.05) is 58.1 Å². The topological polar surface area (TPSA) is 153 Å². The van der Waals surface area contributed by atoms with E-state index in [0.717, 1.165) is 43.6 Å². The number of furan rings is 1. The molecule has 8 saturated heterocycles. The van der Waals surface area contributed by atoms with Crippen LogP contribution in [-0.4, -0.2) is 121 Å². The average molecular weight is 732 g/mol. The third kappa shape index (κ3) is 6.63. The number of hydrogen-bond donors (Lipinski definition) is 3. The van der Waals surface area contributed by atoms with E-state index in [1.54, 1.807) is 7.11 Å². The highest BCUT2D eigenvalue weighted by Gasteiger charge is 2.68. The number of aryl methyl sites for hydroxylation is 3. The molecule has 8 fully saturated rings. The fourth-order valence-electron chi connectivity index (χ4n) is 11.3. The zero-order valence-electron chi connectivity index (χ0n) is 31.3. The number of nitrogens with two attached hydrogens (primary N) is 1. The van der Waals surface area contributed by atoms with E-state index in [2.05, 4.69) is 26.8 Å². The summed E-state index contributed by atoms with van der Waals surface area (Å²) in [5.74, 6) is 1.93. The molecular formula is C40H61NO11. The zero-order chi connectivity index (χ0) is 35.9. The van der Waals surface area contributed by atoms with Crippen LogP contribution in [0, 0.1) is 24.7 Å². The SMILES string of the molecule is COC1C(CC(O)CN)OC2CC3OC(CCc4oc(cc4C)CCC45CC6OC7C(OC8CCC(CC(O)CC21)OC8C7O4)C6O5)CC(C)C3C. The van der Waals surface area contributed by atoms with E-state index in [0.29, 0.717) is 56.8 Å². The van der Waals surface area contributed by atoms with Crippen LogP contribution in [0.15, 0.2) is 10.5 Å². The largest absolute Gasteiger partial charge is 0.466 e. The second-order valence-electron chi connectivity index (χ2n) is 17.6. The van der Waals surface area contributed by atoms with Gasteiger partial charge in [-0.3, -0.25) is 0 Å². The van der Waals surface area contributed by atoms with Crippen molar-refractivity contribution in [3.63, 3.8) is 0 Å². The molecule has 1 spiro atoms. The molecule has 0 saturated carbocycles. The van der Waals surface area contributed by atoms with E-state index in [-0.39, 0.29) is 91.8 Å². The smallest absolute Gasteiger partial charge is 0.172 e. The van der Waals surface area contributed by atoms with Crippen LogP contribution in [0.4, 0.5) is 0 Å². The van der Waals surface area contributed by atoms with Gasteiger partial charge in [0.2, 0.25) is 0 Å². The average Bonchev–Trinajstić information content (AvgIpc) is 3.79. The van der Waals surface area contributed by atoms with E-state index in [1.807, 2.05) is 0 Å². The Morgan fingerprint density at radius 1 is 0.846 bits per heavy atom. The number of hydrogen-bond acceptors (Lipinski definition) is 12. The minimum Gasteiger partial charge on any atom is -0.466 e. The molecule has 12 heteroatoms. The van der Waals surface area contributed by atoms with Gasteiger partial charge in [0.05, 0.1) is 61.0 Å². The van der Waals surface area contributed by atoms with Gasteiger partial charge in [0.15, 0.2) is 5.79 Å². The number of rotatable bonds is 4. The van der Waals surface area contributed by atoms with Crippen molar-refractivity contribution in [2.75, 3.05) is 13.7 Å². The highest BCUT2D eigenvalue weighted by Crippen LogP contribution is 2.54. The molecule has 19 atom stereocenters. The fourth-order valence-corrected chi connectivity index (χ4v) is 11.3. The maximum atomic E-state index is 11.8. The number of fused-ring (bicyclic) bond motifs is 6. The summed E-state index contributed by atoms with van der Waals surface area (Å²) in [6.45, 7) is 6.91. The highest BCUT2D eigenvalue weighted by molar-refractivity contribution is 5.21. The predicted octanol–water partition coefficient (Wildman–Crippen LogP) is 3.50. The highest BCUT2D eigenvalue weighted by atomic mass is 16.8. The van der Waals surface area contributed by atoms with Crippen molar-refractivity contribution in [1.82, 2.24) is 0 Å². The fraction of sp³-hybridized carbons (Fsp3) is 0.900. The summed E-state index contributed by atoms with van der Waals surface area (Å²) in [5, 5.41) is 22.4. The Bertz CT molecular complexity index is 1410. The van der Waals surface area contributed by atoms with E-state index in [1.165, 1.54) is 5.56 Å². The number of aliphatic hydroxyl groups is 2. The molecule has 292 valence electrons. The van der Waals surface area contributed by atoms with Gasteiger partial charge >= 0.3 is 0 Å². The Morgan fingerprint density at radius 2 is 1.63 bits per heavy atom. The van der Waals surface area contributed by atoms with Crippen molar-refractivity contribution >= 4 is 0 Å². The molecule has 0 aliphatic carbocycles. The summed E-state index contributed by atoms with van der Waals surface area (Å²) < 4.78 is 60.2. The molecule has 1 aromatic heterocycles. The molecule has 19 unspecified atom stereocenters. The van der Waals surface area contributed by atoms with Gasteiger partial charge < -0.3 is 58.3 Å². The van der Waals surface area contributed by atoms with Crippen LogP contribution >= 0.6 is 0 Å². The van der Waals surface area contributed by atoms with Crippen LogP contribution in [0.1, 0.15) is 95.1 Å². The minimum absolute atomic E-state index is 0.000227. The lowest BCUT2D eigenvalue weighted by Crippen LogP contribution is -2.61. The minimum atomic E-state index is -0.784. The van der Waals surface area contributed by atoms with Crippen LogP contribution in [0.2, 0.25) is 0 Å². The first-order valence-corrected chi connectivity index (χ1v) is 20.4. The van der Waals surface area contributed by atoms with Gasteiger partial charge in [-0.25, -0.2) is 0 Å². The third-order valence-corrected chi connectivity index (χ3v) is 14.2. The Hall–Kier alpha value is -1.16. The second kappa shape index (κ2) is 14.4. The van der Waals surface area contributed by atoms with Crippen molar-refractivity contribution in [1.29, 1.82) is 0 Å². The Kier molecular flexibility index (Phi) is 10.1. The number of aliphatic hydroxyl groups excluding tert-OH is 2. The third-order valence-electron chi connectivity index (χ3n) is 14.2. The lowest BCUT2D eigenvalue weighted by Gasteiger charge is -2.47. The van der Waals surface area contributed by atoms with E-state index in [4.69, 9.17) is 48.0 Å². The Morgan fingerprint density at radius 3 is 2.46 bits per heavy atom. The zero-order valence-corrected chi connectivity index (χ0v) is 31.3. The first kappa shape index (κ1) is 36.5. The van der Waals surface area contributed by atoms with Gasteiger partial charge in [-0.05, 0) is 68.9 Å². The van der Waals surface area contributed by atoms with Gasteiger partial charge in [0.25, 0.3) is 0 Å². The van der Waals surface area contributed by atoms with Crippen LogP contribution in [0.25, 0.3) is 0 Å². The van der Waals surface area contributed by atoms with Crippen molar-refractivity contribution in [3.8, 4) is 0 Å². The predicted molar refractivity (Wildman–Crippen MR) is 186 cm³/mol. The van der Waals surface area contributed by atoms with Crippen LogP contribution in [-0.2, 0) is 50.7 Å². The molecule has 12 bridgehead atoms. The molecular weight excluding hydrogens is 670 g/mol. The molecule has 10 rings (SSSR count). The van der Waals surface area contributed by atoms with Crippen LogP contribution in [0.5, 0.6) is 0 Å². The summed E-state index contributed by atoms with van der Waals surface area (Å²) in [6, 6.07) is 2.18. The summed E-state index contributed by atoms with van der Waals surface area (Å²) in [7, 11) is 1.70. The maximum absolute atomic E-state index is 11.8. The van der Waals surface area contributed by atoms with Gasteiger partial charge in [-0.2, -0.15) is 0 Å². The number of methoxy groups -OCH3 is 1. The van der Waals surface area contributed by atoms with E-state index >= 15 is 0 Å². The molecule has 1 aromatic rings. The first-order chi connectivity index (χ1) is 25.1. The van der Waals surface area contributed by atoms with Crippen molar-refractivity contribution < 1.29 is 52.5 Å². The standard InChI is InChI=1S/C40H61NO11/c1-19-11-24-5-7-28-20(2)12-26(45-28)9-10-40-17-33-36(51-40)37-38(50-33)39(52-40)35-29(49-37)8-6-25(47-35)13-22(42)14-27-31(16-30(46-24)21(19)3)48-32(34(27)44-4)15-23(43)18-41/h12,19,21-25,27,29-39,42-43H,5-11,13-18,41H2,1-4H3. The quantitative estimate of drug-likeness (QED) is 0.416. The lowest BCUT2D eigenvalue weighted by atomic mass is 9.78. The number of ether oxygens (including phenoxy) is 8. The molecule has 9 aliphatic heterocycles. The monoisotopic (exact) mass is 731 g/mol. The van der Waals surface area contributed by atoms with Crippen molar-refractivity contribution in [3.05, 3.63) is 23.2 Å². The summed E-state index contributed by atoms with van der Waals surface area (Å²) in [6.07, 6.45) is 4.91. The first-order valence-electron chi connectivity index (χ1n) is 20.4. The Balaban J connectivity index is 1.01. The van der Waals surface area contributed by atoms with Crippen molar-refractivity contribution in [2.24, 2.45) is 23.5 Å². The molecule has 12 nitrogen and oxygen atoms in total. The van der Waals surface area contributed by atoms with Gasteiger partial charge in [-0.15, -0.1) is 0 Å². The summed E-state index contributed by atoms with van der Waals surface area (Å²) in [4.78, 5) is 0. The second-order valence-corrected chi connectivity index (χ2v) is 17.6. The van der Waals surface area contributed by atoms with Crippen LogP contribution in [0.3, 0.4) is 0 Å². The Labute approximate surface area is 307 Å². The summed E-state index contributed by atoms with van der Waals surface area (Å²) >= 11 is 0. The van der Waals surface area contributed by atoms with Crippen molar-refractivity contribution in [2.45, 2.75) is 195 Å². The molecule has 10 heterocycles. The van der Waals surface area contributed by atoms with Gasteiger partial charge in [-0.1, -0.05) is 13.8 Å². The van der Waals surface area contributed by atoms with E-state index < -0.39 is 18.0 Å². The molecule has 52 heavy (non-hydrogen) atoms. The molecule has 9 aliphatic rings. The van der Waals surface area contributed by atoms with Crippen LogP contribution < -0.4 is 5.73 Å². The molecule has 0 amide bonds. The molecule has 4 N–H and O–H groups in total.